The molecule has 2 amide bonds. The molecular formula is C18H18FN3O2. The quantitative estimate of drug-likeness (QED) is 0.625. The molecule has 1 aromatic heterocycles. The molecule has 0 bridgehead atoms. The molecule has 3 N–H and O–H groups in total. The van der Waals surface area contributed by atoms with Crippen LogP contribution in [0.25, 0.3) is 22.2 Å². The first kappa shape index (κ1) is 16.0. The van der Waals surface area contributed by atoms with Gasteiger partial charge in [-0.15, -0.1) is 0 Å². The molecule has 0 unspecified atom stereocenters. The lowest BCUT2D eigenvalue weighted by molar-refractivity contribution is 0.198. The van der Waals surface area contributed by atoms with E-state index in [9.17, 15) is 9.18 Å². The first-order chi connectivity index (χ1) is 11.7. The second-order valence-corrected chi connectivity index (χ2v) is 5.30. The van der Waals surface area contributed by atoms with Gasteiger partial charge in [-0.2, -0.15) is 0 Å². The van der Waals surface area contributed by atoms with Crippen LogP contribution in [0.5, 0.6) is 0 Å². The van der Waals surface area contributed by atoms with Gasteiger partial charge in [0.1, 0.15) is 5.82 Å². The summed E-state index contributed by atoms with van der Waals surface area (Å²) in [6, 6.07) is 13.5. The minimum Gasteiger partial charge on any atom is -0.383 e. The maximum Gasteiger partial charge on any atom is 0.319 e. The highest BCUT2D eigenvalue weighted by atomic mass is 19.1. The van der Waals surface area contributed by atoms with Crippen molar-refractivity contribution in [2.45, 2.75) is 0 Å². The van der Waals surface area contributed by atoms with E-state index in [1.807, 2.05) is 24.3 Å². The number of ether oxygens (including phenoxy) is 1. The van der Waals surface area contributed by atoms with E-state index in [1.165, 1.54) is 12.1 Å². The van der Waals surface area contributed by atoms with Gasteiger partial charge >= 0.3 is 6.03 Å². The van der Waals surface area contributed by atoms with E-state index >= 15 is 0 Å². The van der Waals surface area contributed by atoms with Gasteiger partial charge in [0, 0.05) is 30.1 Å². The normalized spacial score (nSPS) is 10.8. The highest BCUT2D eigenvalue weighted by Crippen LogP contribution is 2.34. The van der Waals surface area contributed by atoms with Gasteiger partial charge in [0.2, 0.25) is 0 Å². The number of aromatic amines is 1. The van der Waals surface area contributed by atoms with Crippen molar-refractivity contribution in [2.75, 3.05) is 25.6 Å². The van der Waals surface area contributed by atoms with E-state index in [-0.39, 0.29) is 11.8 Å². The predicted octanol–water partition coefficient (Wildman–Crippen LogP) is 3.74. The summed E-state index contributed by atoms with van der Waals surface area (Å²) in [5, 5.41) is 6.49. The van der Waals surface area contributed by atoms with Crippen molar-refractivity contribution < 1.29 is 13.9 Å². The largest absolute Gasteiger partial charge is 0.383 e. The highest BCUT2D eigenvalue weighted by molar-refractivity contribution is 6.07. The topological polar surface area (TPSA) is 66.2 Å². The van der Waals surface area contributed by atoms with Gasteiger partial charge in [0.25, 0.3) is 0 Å². The van der Waals surface area contributed by atoms with Crippen LogP contribution in [0.3, 0.4) is 0 Å². The Morgan fingerprint density at radius 1 is 1.17 bits per heavy atom. The monoisotopic (exact) mass is 327 g/mol. The predicted molar refractivity (Wildman–Crippen MR) is 92.6 cm³/mol. The number of hydrogen-bond acceptors (Lipinski definition) is 2. The molecule has 0 aliphatic carbocycles. The molecule has 0 aliphatic heterocycles. The number of nitrogens with one attached hydrogen (secondary N) is 3. The van der Waals surface area contributed by atoms with Crippen LogP contribution < -0.4 is 10.6 Å². The van der Waals surface area contributed by atoms with Crippen LogP contribution in [0.2, 0.25) is 0 Å². The average molecular weight is 327 g/mol. The van der Waals surface area contributed by atoms with Crippen molar-refractivity contribution >= 4 is 22.6 Å². The van der Waals surface area contributed by atoms with Crippen molar-refractivity contribution in [3.05, 3.63) is 54.3 Å². The Morgan fingerprint density at radius 3 is 2.67 bits per heavy atom. The number of carbonyl (C=O) groups excluding carboxylic acids is 1. The van der Waals surface area contributed by atoms with Gasteiger partial charge in [0.05, 0.1) is 18.0 Å². The minimum absolute atomic E-state index is 0.304. The van der Waals surface area contributed by atoms with Gasteiger partial charge in [0.15, 0.2) is 0 Å². The Kier molecular flexibility index (Phi) is 4.77. The van der Waals surface area contributed by atoms with E-state index in [1.54, 1.807) is 19.2 Å². The highest BCUT2D eigenvalue weighted by Gasteiger charge is 2.15. The summed E-state index contributed by atoms with van der Waals surface area (Å²) in [7, 11) is 1.58. The Hall–Kier alpha value is -2.86. The number of carbonyl (C=O) groups is 1. The fraction of sp³-hybridized carbons (Fsp3) is 0.167. The van der Waals surface area contributed by atoms with Crippen LogP contribution in [0.4, 0.5) is 14.9 Å². The number of amides is 2. The third kappa shape index (κ3) is 3.38. The summed E-state index contributed by atoms with van der Waals surface area (Å²) in [4.78, 5) is 15.4. The number of rotatable bonds is 5. The number of methoxy groups -OCH3 is 1. The molecule has 0 saturated carbocycles. The van der Waals surface area contributed by atoms with E-state index in [2.05, 4.69) is 15.6 Å². The zero-order valence-corrected chi connectivity index (χ0v) is 13.2. The van der Waals surface area contributed by atoms with Crippen LogP contribution in [0.1, 0.15) is 0 Å². The fourth-order valence-corrected chi connectivity index (χ4v) is 2.53. The van der Waals surface area contributed by atoms with Crippen molar-refractivity contribution in [1.29, 1.82) is 0 Å². The maximum absolute atomic E-state index is 13.2. The molecule has 3 rings (SSSR count). The van der Waals surface area contributed by atoms with Crippen molar-refractivity contribution in [3.63, 3.8) is 0 Å². The fourth-order valence-electron chi connectivity index (χ4n) is 2.53. The van der Waals surface area contributed by atoms with E-state index in [4.69, 9.17) is 4.74 Å². The van der Waals surface area contributed by atoms with Gasteiger partial charge in [-0.05, 0) is 30.3 Å². The molecule has 0 radical (unpaired) electrons. The molecule has 0 spiro atoms. The van der Waals surface area contributed by atoms with Crippen LogP contribution in [0.15, 0.2) is 48.5 Å². The molecule has 5 nitrogen and oxygen atoms in total. The van der Waals surface area contributed by atoms with E-state index < -0.39 is 0 Å². The molecule has 0 saturated heterocycles. The Balaban J connectivity index is 1.96. The third-order valence-corrected chi connectivity index (χ3v) is 3.67. The first-order valence-electron chi connectivity index (χ1n) is 7.59. The maximum atomic E-state index is 13.2. The Labute approximate surface area is 138 Å². The SMILES string of the molecule is COCCNC(=O)Nc1c(-c2ccc(F)cc2)[nH]c2ccccc12. The van der Waals surface area contributed by atoms with Crippen molar-refractivity contribution in [1.82, 2.24) is 10.3 Å². The lowest BCUT2D eigenvalue weighted by Crippen LogP contribution is -2.31. The summed E-state index contributed by atoms with van der Waals surface area (Å²) in [5.74, 6) is -0.304. The lowest BCUT2D eigenvalue weighted by Gasteiger charge is -2.09. The number of para-hydroxylation sites is 1. The van der Waals surface area contributed by atoms with Gasteiger partial charge in [-0.3, -0.25) is 0 Å². The molecule has 24 heavy (non-hydrogen) atoms. The van der Waals surface area contributed by atoms with E-state index in [0.29, 0.717) is 18.8 Å². The van der Waals surface area contributed by atoms with Crippen molar-refractivity contribution in [3.8, 4) is 11.3 Å². The van der Waals surface area contributed by atoms with Crippen LogP contribution in [-0.4, -0.2) is 31.3 Å². The number of fused-ring (bicyclic) bond motifs is 1. The zero-order chi connectivity index (χ0) is 16.9. The molecule has 0 aliphatic rings. The van der Waals surface area contributed by atoms with E-state index in [0.717, 1.165) is 22.2 Å². The molecule has 1 heterocycles. The van der Waals surface area contributed by atoms with Gasteiger partial charge < -0.3 is 20.4 Å². The minimum atomic E-state index is -0.319. The van der Waals surface area contributed by atoms with Crippen molar-refractivity contribution in [2.24, 2.45) is 0 Å². The molecule has 3 aromatic rings. The zero-order valence-electron chi connectivity index (χ0n) is 13.2. The second-order valence-electron chi connectivity index (χ2n) is 5.30. The van der Waals surface area contributed by atoms with Crippen LogP contribution in [-0.2, 0) is 4.74 Å². The number of aromatic nitrogens is 1. The average Bonchev–Trinajstić information content (AvgIpc) is 2.94. The standard InChI is InChI=1S/C18H18FN3O2/c1-24-11-10-20-18(23)22-17-14-4-2-3-5-15(14)21-16(17)12-6-8-13(19)9-7-12/h2-9,21H,10-11H2,1H3,(H2,20,22,23). The number of benzene rings is 2. The molecular weight excluding hydrogens is 309 g/mol. The molecule has 0 atom stereocenters. The summed E-state index contributed by atoms with van der Waals surface area (Å²) < 4.78 is 18.1. The summed E-state index contributed by atoms with van der Waals surface area (Å²) in [6.07, 6.45) is 0. The molecule has 124 valence electrons. The number of urea groups is 1. The molecule has 6 heteroatoms. The number of anilines is 1. The lowest BCUT2D eigenvalue weighted by atomic mass is 10.1. The summed E-state index contributed by atoms with van der Waals surface area (Å²) in [6.45, 7) is 0.850. The molecule has 2 aromatic carbocycles. The number of hydrogen-bond donors (Lipinski definition) is 3. The summed E-state index contributed by atoms with van der Waals surface area (Å²) in [5.41, 5.74) is 3.08. The first-order valence-corrected chi connectivity index (χ1v) is 7.59. The van der Waals surface area contributed by atoms with Crippen LogP contribution >= 0.6 is 0 Å². The van der Waals surface area contributed by atoms with Gasteiger partial charge in [-0.1, -0.05) is 18.2 Å². The number of H-pyrrole nitrogens is 1. The summed E-state index contributed by atoms with van der Waals surface area (Å²) >= 11 is 0. The van der Waals surface area contributed by atoms with Crippen LogP contribution in [0, 0.1) is 5.82 Å². The van der Waals surface area contributed by atoms with Gasteiger partial charge in [-0.25, -0.2) is 9.18 Å². The Bertz CT molecular complexity index is 843. The number of halogens is 1. The smallest absolute Gasteiger partial charge is 0.319 e. The second kappa shape index (κ2) is 7.14. The third-order valence-electron chi connectivity index (χ3n) is 3.67. The molecule has 0 fully saturated rings. The Morgan fingerprint density at radius 2 is 1.92 bits per heavy atom.